The van der Waals surface area contributed by atoms with Crippen LogP contribution in [0.15, 0.2) is 242 Å². The van der Waals surface area contributed by atoms with Gasteiger partial charge in [0.15, 0.2) is 0 Å². The van der Waals surface area contributed by atoms with Gasteiger partial charge in [-0.2, -0.15) is 0 Å². The monoisotopic (exact) mass is 1690 g/mol. The molecule has 650 valence electrons. The molecule has 2 aliphatic rings. The van der Waals surface area contributed by atoms with Gasteiger partial charge in [-0.25, -0.2) is 0 Å². The lowest BCUT2D eigenvalue weighted by atomic mass is 9.33. The van der Waals surface area contributed by atoms with Crippen LogP contribution in [0, 0.1) is 0 Å². The van der Waals surface area contributed by atoms with Gasteiger partial charge in [-0.3, -0.25) is 0 Å². The summed E-state index contributed by atoms with van der Waals surface area (Å²) in [7, 11) is 0. The lowest BCUT2D eigenvalue weighted by molar-refractivity contribution is 0.568. The molecule has 0 saturated heterocycles. The molecule has 0 unspecified atom stereocenters. The van der Waals surface area contributed by atoms with Crippen LogP contribution in [0.2, 0.25) is 0 Å². The predicted octanol–water partition coefficient (Wildman–Crippen LogP) is 32.9. The number of anilines is 6. The highest BCUT2D eigenvalue weighted by molar-refractivity contribution is 7.00. The van der Waals surface area contributed by atoms with Gasteiger partial charge in [0.25, 0.3) is 6.71 Å². The molecule has 0 amide bonds. The summed E-state index contributed by atoms with van der Waals surface area (Å²) in [5.74, 6) is 0. The first-order valence-corrected chi connectivity index (χ1v) is 45.7. The smallest absolute Gasteiger partial charge is 0.252 e. The molecule has 5 heteroatoms. The number of fused-ring (bicyclic) bond motifs is 10. The molecule has 13 aromatic carbocycles. The van der Waals surface area contributed by atoms with Gasteiger partial charge in [0.2, 0.25) is 0 Å². The summed E-state index contributed by atoms with van der Waals surface area (Å²) in [6.07, 6.45) is 0. The second kappa shape index (κ2) is 29.9. The van der Waals surface area contributed by atoms with Crippen LogP contribution < -0.4 is 26.2 Å². The fourth-order valence-electron chi connectivity index (χ4n) is 18.6. The summed E-state index contributed by atoms with van der Waals surface area (Å²) in [6.45, 7) is 74.0. The van der Waals surface area contributed by atoms with Crippen molar-refractivity contribution in [2.45, 2.75) is 288 Å². The van der Waals surface area contributed by atoms with E-state index in [1.807, 2.05) is 12.1 Å². The molecular weight excluding hydrogens is 1530 g/mol. The minimum Gasteiger partial charge on any atom is -0.310 e. The van der Waals surface area contributed by atoms with Gasteiger partial charge in [-0.05, 0) is 244 Å². The molecule has 4 nitrogen and oxygen atoms in total. The van der Waals surface area contributed by atoms with Crippen LogP contribution in [-0.2, 0) is 59.6 Å². The SMILES string of the molecule is [2H]c1c([2H])c([2H])c2c(c1[2H])c1c([2H])c([2H])c([2H])c([2H])c1n2-c1ccc2c(c1)N(c1c(-c3cc(C(C)(C)C)cc(C(C)(C)C)c3)cc(C(C)(C)C)cc1-c1cc(C(C)(C)C)cc(C(C)(C)C)c1)c1cc(C(C)(C)C)cc3c1B2c1ccc(-n2c4c([2H])c([2H])c([2H])c([2H])c4c4c([2H])c([2H])c([2H])c([2H])c42)cc1N3c1c(-c2cc(C(C)(C)C)cc(C(C)(C)C)c2)cc(C(C)(C)C)cc1-c1cc(C(C)(C)C)cc(C(C)(C)C)c1. The number of para-hydroxylation sites is 4. The first-order chi connectivity index (χ1) is 65.5. The summed E-state index contributed by atoms with van der Waals surface area (Å²) in [6, 6.07) is 47.0. The van der Waals surface area contributed by atoms with Crippen LogP contribution >= 0.6 is 0 Å². The highest BCUT2D eigenvalue weighted by Gasteiger charge is 2.48. The number of hydrogen-bond donors (Lipinski definition) is 0. The van der Waals surface area contributed by atoms with Gasteiger partial charge in [-0.15, -0.1) is 0 Å². The van der Waals surface area contributed by atoms with Crippen molar-refractivity contribution in [3.63, 3.8) is 0 Å². The molecule has 127 heavy (non-hydrogen) atoms. The molecule has 0 fully saturated rings. The molecule has 0 saturated carbocycles. The van der Waals surface area contributed by atoms with E-state index in [9.17, 15) is 21.9 Å². The van der Waals surface area contributed by atoms with Gasteiger partial charge in [0.05, 0.1) is 55.4 Å². The number of nitrogens with zero attached hydrogens (tertiary/aromatic N) is 4. The normalized spacial score (nSPS) is 15.7. The van der Waals surface area contributed by atoms with Crippen molar-refractivity contribution in [1.29, 1.82) is 0 Å². The highest BCUT2D eigenvalue weighted by atomic mass is 15.2. The standard InChI is InChI=1S/C122H139BN4/c1-112(2,3)78-54-74(55-79(62-78)113(4,5)6)95-66-86(120(25,26)27)67-96(75-56-80(114(7,8)9)63-81(57-75)115(10,11)12)110(95)126-105-72-89(124-101-46-38-34-42-91(101)92-43-35-39-47-102(92)124)50-52-99(105)123-100-53-51-90(125-103-48-40-36-44-93(103)94-45-37-41-49-104(94)125)73-106(100)127(108-71-88(122(31,32)33)70-107(126)109(108)123)111-97(76-58-82(116(13,14)15)64-83(59-76)117(16,17)18)68-87(121(28,29)30)69-98(111)77-60-84(118(19,20)21)65-85(61-77)119(22,23)24/h34-73H,1-33H3/i34D,35D,36D,37D,38D,39D,40D,41D,42D,43D,44D,45D,46D,47D,48D,49D. The van der Waals surface area contributed by atoms with Crippen LogP contribution in [0.25, 0.3) is 99.5 Å². The Labute approximate surface area is 784 Å². The largest absolute Gasteiger partial charge is 0.310 e. The number of benzene rings is 13. The van der Waals surface area contributed by atoms with Crippen molar-refractivity contribution in [3.8, 4) is 55.9 Å². The Bertz CT molecular complexity index is 7050. The zero-order chi connectivity index (χ0) is 106. The van der Waals surface area contributed by atoms with Crippen molar-refractivity contribution < 1.29 is 21.9 Å². The average Bonchev–Trinajstić information content (AvgIpc) is 1.03. The molecule has 2 aliphatic heterocycles. The molecular formula is C122H139BN4. The summed E-state index contributed by atoms with van der Waals surface area (Å²) >= 11 is 0. The van der Waals surface area contributed by atoms with Crippen LogP contribution in [0.1, 0.15) is 312 Å². The van der Waals surface area contributed by atoms with Crippen molar-refractivity contribution in [1.82, 2.24) is 9.13 Å². The lowest BCUT2D eigenvalue weighted by Crippen LogP contribution is -2.61. The van der Waals surface area contributed by atoms with Crippen LogP contribution in [0.3, 0.4) is 0 Å². The zero-order valence-electron chi connectivity index (χ0n) is 97.7. The van der Waals surface area contributed by atoms with E-state index < -0.39 is 163 Å². The van der Waals surface area contributed by atoms with E-state index in [2.05, 4.69) is 372 Å². The topological polar surface area (TPSA) is 16.3 Å². The van der Waals surface area contributed by atoms with E-state index >= 15 is 0 Å². The van der Waals surface area contributed by atoms with E-state index in [4.69, 9.17) is 0 Å². The predicted molar refractivity (Wildman–Crippen MR) is 557 cm³/mol. The summed E-state index contributed by atoms with van der Waals surface area (Å²) in [5.41, 5.74) is 21.7. The first-order valence-electron chi connectivity index (χ1n) is 53.7. The second-order valence-corrected chi connectivity index (χ2v) is 47.9. The number of hydrogen-bond acceptors (Lipinski definition) is 2. The third-order valence-corrected chi connectivity index (χ3v) is 26.8. The van der Waals surface area contributed by atoms with Crippen molar-refractivity contribution >= 4 is 101 Å². The summed E-state index contributed by atoms with van der Waals surface area (Å²) < 4.78 is 160. The van der Waals surface area contributed by atoms with Gasteiger partial charge in [0, 0.05) is 77.9 Å². The third kappa shape index (κ3) is 15.8. The molecule has 17 rings (SSSR count). The Morgan fingerprint density at radius 3 is 0.622 bits per heavy atom. The average molecular weight is 1690 g/mol. The number of rotatable bonds is 8. The lowest BCUT2D eigenvalue weighted by Gasteiger charge is -2.47. The fraction of sp³-hybridized carbons (Fsp3) is 0.361. The quantitative estimate of drug-likeness (QED) is 0.141. The van der Waals surface area contributed by atoms with Gasteiger partial charge >= 0.3 is 0 Å². The van der Waals surface area contributed by atoms with E-state index in [0.29, 0.717) is 22.7 Å². The van der Waals surface area contributed by atoms with Gasteiger partial charge in [0.1, 0.15) is 0 Å². The molecule has 15 aromatic rings. The maximum atomic E-state index is 10.2. The molecule has 0 radical (unpaired) electrons. The van der Waals surface area contributed by atoms with E-state index in [0.717, 1.165) is 145 Å². The van der Waals surface area contributed by atoms with E-state index in [1.165, 1.54) is 0 Å². The second-order valence-electron chi connectivity index (χ2n) is 47.9. The summed E-state index contributed by atoms with van der Waals surface area (Å²) in [5, 5.41) is -0.271. The fourth-order valence-corrected chi connectivity index (χ4v) is 18.6. The molecule has 0 N–H and O–H groups in total. The molecule has 0 atom stereocenters. The van der Waals surface area contributed by atoms with Crippen LogP contribution in [-0.4, -0.2) is 15.8 Å². The van der Waals surface area contributed by atoms with Crippen LogP contribution in [0.5, 0.6) is 0 Å². The van der Waals surface area contributed by atoms with Crippen LogP contribution in [0.4, 0.5) is 34.1 Å². The minimum atomic E-state index is -0.835. The maximum absolute atomic E-state index is 10.2. The molecule has 0 bridgehead atoms. The molecule has 4 heterocycles. The molecule has 2 aromatic heterocycles. The first kappa shape index (κ1) is 70.1. The maximum Gasteiger partial charge on any atom is 0.252 e. The Morgan fingerprint density at radius 1 is 0.213 bits per heavy atom. The Balaban J connectivity index is 1.20. The van der Waals surface area contributed by atoms with Crippen molar-refractivity contribution in [3.05, 3.63) is 303 Å². The number of aromatic nitrogens is 2. The van der Waals surface area contributed by atoms with E-state index in [1.54, 1.807) is 9.13 Å². The van der Waals surface area contributed by atoms with Crippen molar-refractivity contribution in [2.75, 3.05) is 9.80 Å². The summed E-state index contributed by atoms with van der Waals surface area (Å²) in [4.78, 5) is 4.96. The Kier molecular flexibility index (Phi) is 16.5. The minimum absolute atomic E-state index is 0.0447. The molecule has 0 aliphatic carbocycles. The zero-order valence-corrected chi connectivity index (χ0v) is 81.7. The molecule has 0 spiro atoms. The Hall–Kier alpha value is -10.9. The van der Waals surface area contributed by atoms with Crippen molar-refractivity contribution in [2.24, 2.45) is 0 Å². The third-order valence-electron chi connectivity index (χ3n) is 26.8. The Morgan fingerprint density at radius 2 is 0.409 bits per heavy atom. The highest BCUT2D eigenvalue weighted by Crippen LogP contribution is 2.58. The van der Waals surface area contributed by atoms with Gasteiger partial charge in [-0.1, -0.05) is 386 Å². The van der Waals surface area contributed by atoms with E-state index in [-0.39, 0.29) is 43.6 Å². The van der Waals surface area contributed by atoms with Gasteiger partial charge < -0.3 is 18.9 Å².